The molecule has 1 heterocycles. The van der Waals surface area contributed by atoms with Gasteiger partial charge in [0, 0.05) is 26.4 Å². The lowest BCUT2D eigenvalue weighted by atomic mass is 10.1. The van der Waals surface area contributed by atoms with Crippen molar-refractivity contribution < 1.29 is 9.59 Å². The van der Waals surface area contributed by atoms with Crippen molar-refractivity contribution in [3.8, 4) is 0 Å². The molecular weight excluding hydrogens is 216 g/mol. The molecular formula is C13H16N2O2. The molecule has 0 unspecified atom stereocenters. The van der Waals surface area contributed by atoms with Crippen molar-refractivity contribution in [1.82, 2.24) is 5.01 Å². The van der Waals surface area contributed by atoms with Gasteiger partial charge in [0.2, 0.25) is 5.91 Å². The average Bonchev–Trinajstić information content (AvgIpc) is 2.68. The molecule has 1 aromatic carbocycles. The number of benzene rings is 1. The van der Waals surface area contributed by atoms with E-state index in [1.165, 1.54) is 0 Å². The minimum Gasteiger partial charge on any atom is -0.303 e. The molecule has 0 aliphatic carbocycles. The fourth-order valence-electron chi connectivity index (χ4n) is 2.01. The van der Waals surface area contributed by atoms with Crippen LogP contribution in [0.4, 0.5) is 5.69 Å². The fourth-order valence-corrected chi connectivity index (χ4v) is 2.01. The van der Waals surface area contributed by atoms with Gasteiger partial charge in [0.25, 0.3) is 0 Å². The van der Waals surface area contributed by atoms with E-state index in [9.17, 15) is 9.59 Å². The van der Waals surface area contributed by atoms with Crippen LogP contribution < -0.4 is 5.01 Å². The first kappa shape index (κ1) is 11.6. The summed E-state index contributed by atoms with van der Waals surface area (Å²) in [6.07, 6.45) is 2.84. The van der Waals surface area contributed by atoms with E-state index in [0.29, 0.717) is 12.8 Å². The first-order valence-corrected chi connectivity index (χ1v) is 5.79. The van der Waals surface area contributed by atoms with Gasteiger partial charge in [0.1, 0.15) is 6.29 Å². The summed E-state index contributed by atoms with van der Waals surface area (Å²) in [5.41, 5.74) is 2.17. The molecule has 4 nitrogen and oxygen atoms in total. The highest BCUT2D eigenvalue weighted by atomic mass is 16.2. The number of carbonyl (C=O) groups is 2. The smallest absolute Gasteiger partial charge is 0.242 e. The van der Waals surface area contributed by atoms with Crippen molar-refractivity contribution in [2.75, 3.05) is 18.6 Å². The highest BCUT2D eigenvalue weighted by Gasteiger charge is 2.25. The topological polar surface area (TPSA) is 40.6 Å². The molecule has 1 amide bonds. The van der Waals surface area contributed by atoms with E-state index in [1.807, 2.05) is 29.3 Å². The van der Waals surface area contributed by atoms with Crippen LogP contribution in [0.2, 0.25) is 0 Å². The van der Waals surface area contributed by atoms with Crippen molar-refractivity contribution in [2.24, 2.45) is 0 Å². The molecule has 0 bridgehead atoms. The second-order valence-electron chi connectivity index (χ2n) is 4.16. The molecule has 0 radical (unpaired) electrons. The van der Waals surface area contributed by atoms with Crippen LogP contribution >= 0.6 is 0 Å². The third-order valence-corrected chi connectivity index (χ3v) is 3.05. The van der Waals surface area contributed by atoms with Crippen LogP contribution in [0.3, 0.4) is 0 Å². The normalized spacial score (nSPS) is 15.5. The van der Waals surface area contributed by atoms with Crippen LogP contribution in [0.1, 0.15) is 18.4 Å². The number of hydrazine groups is 1. The summed E-state index contributed by atoms with van der Waals surface area (Å²) >= 11 is 0. The van der Waals surface area contributed by atoms with Gasteiger partial charge in [-0.05, 0) is 24.1 Å². The second-order valence-corrected chi connectivity index (χ2v) is 4.16. The van der Waals surface area contributed by atoms with Crippen molar-refractivity contribution in [3.63, 3.8) is 0 Å². The molecule has 90 valence electrons. The number of hydrogen-bond donors (Lipinski definition) is 0. The fraction of sp³-hybridized carbons (Fsp3) is 0.385. The number of carbonyl (C=O) groups excluding carboxylic acids is 2. The predicted octanol–water partition coefficient (Wildman–Crippen LogP) is 1.40. The third kappa shape index (κ3) is 2.46. The van der Waals surface area contributed by atoms with Crippen molar-refractivity contribution >= 4 is 17.9 Å². The van der Waals surface area contributed by atoms with Gasteiger partial charge in [0.15, 0.2) is 0 Å². The Morgan fingerprint density at radius 3 is 2.53 bits per heavy atom. The third-order valence-electron chi connectivity index (χ3n) is 3.05. The van der Waals surface area contributed by atoms with E-state index in [2.05, 4.69) is 0 Å². The minimum atomic E-state index is 0.148. The molecule has 4 heteroatoms. The number of anilines is 1. The maximum atomic E-state index is 11.4. The van der Waals surface area contributed by atoms with Gasteiger partial charge in [-0.1, -0.05) is 12.1 Å². The average molecular weight is 232 g/mol. The number of aldehydes is 1. The van der Waals surface area contributed by atoms with E-state index in [4.69, 9.17) is 0 Å². The van der Waals surface area contributed by atoms with E-state index in [0.717, 1.165) is 30.5 Å². The molecule has 1 aliphatic heterocycles. The first-order chi connectivity index (χ1) is 8.22. The molecule has 1 aromatic rings. The summed E-state index contributed by atoms with van der Waals surface area (Å²) in [7, 11) is 1.79. The van der Waals surface area contributed by atoms with Gasteiger partial charge in [-0.25, -0.2) is 0 Å². The lowest BCUT2D eigenvalue weighted by molar-refractivity contribution is -0.126. The van der Waals surface area contributed by atoms with Crippen molar-refractivity contribution in [1.29, 1.82) is 0 Å². The summed E-state index contributed by atoms with van der Waals surface area (Å²) in [5, 5.41) is 3.62. The zero-order valence-electron chi connectivity index (χ0n) is 9.93. The van der Waals surface area contributed by atoms with Gasteiger partial charge >= 0.3 is 0 Å². The Hall–Kier alpha value is -1.84. The summed E-state index contributed by atoms with van der Waals surface area (Å²) in [4.78, 5) is 21.7. The van der Waals surface area contributed by atoms with Crippen LogP contribution in [-0.4, -0.2) is 30.8 Å². The number of hydrogen-bond acceptors (Lipinski definition) is 3. The van der Waals surface area contributed by atoms with Crippen LogP contribution in [0.25, 0.3) is 0 Å². The monoisotopic (exact) mass is 232 g/mol. The quantitative estimate of drug-likeness (QED) is 0.737. The lowest BCUT2D eigenvalue weighted by Crippen LogP contribution is -2.35. The molecule has 1 saturated heterocycles. The molecule has 17 heavy (non-hydrogen) atoms. The molecule has 0 atom stereocenters. The highest BCUT2D eigenvalue weighted by Crippen LogP contribution is 2.21. The van der Waals surface area contributed by atoms with Crippen LogP contribution in [0.5, 0.6) is 0 Å². The minimum absolute atomic E-state index is 0.148. The highest BCUT2D eigenvalue weighted by molar-refractivity contribution is 5.81. The predicted molar refractivity (Wildman–Crippen MR) is 65.6 cm³/mol. The zero-order valence-corrected chi connectivity index (χ0v) is 9.93. The van der Waals surface area contributed by atoms with E-state index >= 15 is 0 Å². The summed E-state index contributed by atoms with van der Waals surface area (Å²) in [6.45, 7) is 0.739. The lowest BCUT2D eigenvalue weighted by Gasteiger charge is -2.26. The Morgan fingerprint density at radius 1 is 1.29 bits per heavy atom. The van der Waals surface area contributed by atoms with E-state index in [-0.39, 0.29) is 5.91 Å². The molecule has 0 N–H and O–H groups in total. The van der Waals surface area contributed by atoms with Gasteiger partial charge in [-0.15, -0.1) is 0 Å². The molecule has 0 aromatic heterocycles. The molecule has 0 spiro atoms. The largest absolute Gasteiger partial charge is 0.303 e. The van der Waals surface area contributed by atoms with Gasteiger partial charge < -0.3 is 4.79 Å². The van der Waals surface area contributed by atoms with Crippen LogP contribution in [0.15, 0.2) is 24.3 Å². The molecule has 1 fully saturated rings. The number of nitrogens with zero attached hydrogens (tertiary/aromatic N) is 2. The summed E-state index contributed by atoms with van der Waals surface area (Å²) in [6, 6.07) is 8.01. The summed E-state index contributed by atoms with van der Waals surface area (Å²) in [5.74, 6) is 0.148. The number of rotatable bonds is 4. The van der Waals surface area contributed by atoms with Gasteiger partial charge in [0.05, 0.1) is 5.69 Å². The second kappa shape index (κ2) is 4.99. The maximum absolute atomic E-state index is 11.4. The Balaban J connectivity index is 2.07. The Bertz CT molecular complexity index is 414. The maximum Gasteiger partial charge on any atom is 0.242 e. The van der Waals surface area contributed by atoms with Gasteiger partial charge in [-0.3, -0.25) is 14.8 Å². The zero-order chi connectivity index (χ0) is 12.3. The van der Waals surface area contributed by atoms with Crippen molar-refractivity contribution in [3.05, 3.63) is 29.8 Å². The standard InChI is InChI=1S/C13H16N2O2/c1-14-13(17)8-9-15(14)12-6-4-11(5-7-12)3-2-10-16/h4-7,10H,2-3,8-9H2,1H3. The summed E-state index contributed by atoms with van der Waals surface area (Å²) < 4.78 is 0. The Morgan fingerprint density at radius 2 is 2.00 bits per heavy atom. The first-order valence-electron chi connectivity index (χ1n) is 5.79. The van der Waals surface area contributed by atoms with Gasteiger partial charge in [-0.2, -0.15) is 0 Å². The van der Waals surface area contributed by atoms with Crippen LogP contribution in [0, 0.1) is 0 Å². The van der Waals surface area contributed by atoms with Crippen LogP contribution in [-0.2, 0) is 16.0 Å². The SMILES string of the molecule is CN1C(=O)CCN1c1ccc(CCC=O)cc1. The molecule has 0 saturated carbocycles. The molecule has 2 rings (SSSR count). The number of amides is 1. The van der Waals surface area contributed by atoms with E-state index in [1.54, 1.807) is 12.1 Å². The molecule has 1 aliphatic rings. The van der Waals surface area contributed by atoms with Crippen molar-refractivity contribution in [2.45, 2.75) is 19.3 Å². The number of aryl methyl sites for hydroxylation is 1. The Labute approximate surface area is 101 Å². The van der Waals surface area contributed by atoms with E-state index < -0.39 is 0 Å². The Kier molecular flexibility index (Phi) is 3.42.